The van der Waals surface area contributed by atoms with Gasteiger partial charge in [0.25, 0.3) is 0 Å². The van der Waals surface area contributed by atoms with E-state index >= 15 is 0 Å². The van der Waals surface area contributed by atoms with Gasteiger partial charge in [0.2, 0.25) is 0 Å². The normalized spacial score (nSPS) is 15.8. The molecule has 0 saturated heterocycles. The number of aromatic hydroxyl groups is 1. The zero-order valence-corrected chi connectivity index (χ0v) is 14.6. The van der Waals surface area contributed by atoms with Crippen molar-refractivity contribution in [1.82, 2.24) is 0 Å². The fraction of sp³-hybridized carbons (Fsp3) is 0.143. The van der Waals surface area contributed by atoms with Gasteiger partial charge in [-0.25, -0.2) is 9.59 Å². The molecule has 0 bridgehead atoms. The molecule has 2 aromatic carbocycles. The predicted octanol–water partition coefficient (Wildman–Crippen LogP) is 3.07. The molecule has 6 heteroatoms. The van der Waals surface area contributed by atoms with Crippen molar-refractivity contribution in [3.05, 3.63) is 77.4 Å². The molecule has 0 spiro atoms. The summed E-state index contributed by atoms with van der Waals surface area (Å²) in [5.41, 5.74) is 1.30. The van der Waals surface area contributed by atoms with Crippen LogP contribution < -0.4 is 9.47 Å². The van der Waals surface area contributed by atoms with Crippen molar-refractivity contribution in [2.45, 2.75) is 19.4 Å². The number of carbonyl (C=O) groups excluding carboxylic acids is 2. The Kier molecular flexibility index (Phi) is 5.38. The van der Waals surface area contributed by atoms with E-state index in [1.54, 1.807) is 25.1 Å². The van der Waals surface area contributed by atoms with Crippen molar-refractivity contribution < 1.29 is 29.3 Å². The molecule has 1 aliphatic carbocycles. The molecule has 138 valence electrons. The third-order valence-corrected chi connectivity index (χ3v) is 3.98. The Bertz CT molecular complexity index is 924. The SMILES string of the molecule is Cc1cc(OC(=O)C2=CCC(O)C=C2)ccc1OC(=O)c1ccc(O)cc1. The van der Waals surface area contributed by atoms with E-state index < -0.39 is 18.0 Å². The molecule has 0 amide bonds. The highest BCUT2D eigenvalue weighted by Gasteiger charge is 2.15. The Morgan fingerprint density at radius 2 is 1.78 bits per heavy atom. The standard InChI is InChI=1S/C21H18O6/c1-13-12-18(26-20(24)14-2-6-16(22)7-3-14)10-11-19(13)27-21(25)15-4-8-17(23)9-5-15/h2-6,8-12,16,22-23H,7H2,1H3. The molecule has 0 aromatic heterocycles. The first-order valence-corrected chi connectivity index (χ1v) is 8.33. The van der Waals surface area contributed by atoms with E-state index in [-0.39, 0.29) is 5.75 Å². The highest BCUT2D eigenvalue weighted by Crippen LogP contribution is 2.25. The molecular weight excluding hydrogens is 348 g/mol. The summed E-state index contributed by atoms with van der Waals surface area (Å²) in [7, 11) is 0. The summed E-state index contributed by atoms with van der Waals surface area (Å²) in [6.45, 7) is 1.73. The maximum Gasteiger partial charge on any atom is 0.343 e. The first-order chi connectivity index (χ1) is 12.9. The minimum Gasteiger partial charge on any atom is -0.508 e. The first-order valence-electron chi connectivity index (χ1n) is 8.33. The molecule has 1 aliphatic rings. The Balaban J connectivity index is 1.67. The number of esters is 2. The minimum absolute atomic E-state index is 0.0614. The number of rotatable bonds is 4. The topological polar surface area (TPSA) is 93.1 Å². The van der Waals surface area contributed by atoms with Gasteiger partial charge < -0.3 is 19.7 Å². The van der Waals surface area contributed by atoms with E-state index in [2.05, 4.69) is 0 Å². The molecule has 2 N–H and O–H groups in total. The van der Waals surface area contributed by atoms with Crippen LogP contribution in [-0.4, -0.2) is 28.3 Å². The summed E-state index contributed by atoms with van der Waals surface area (Å²) in [4.78, 5) is 24.3. The number of aliphatic hydroxyl groups is 1. The molecule has 27 heavy (non-hydrogen) atoms. The summed E-state index contributed by atoms with van der Waals surface area (Å²) in [6, 6.07) is 10.4. The van der Waals surface area contributed by atoms with Gasteiger partial charge in [-0.1, -0.05) is 12.2 Å². The third kappa shape index (κ3) is 4.62. The molecular formula is C21H18O6. The molecule has 1 atom stereocenters. The van der Waals surface area contributed by atoms with Gasteiger partial charge in [0, 0.05) is 0 Å². The van der Waals surface area contributed by atoms with Gasteiger partial charge in [-0.05, 0) is 67.4 Å². The lowest BCUT2D eigenvalue weighted by molar-refractivity contribution is -0.129. The quantitative estimate of drug-likeness (QED) is 0.638. The number of ether oxygens (including phenoxy) is 2. The molecule has 1 unspecified atom stereocenters. The van der Waals surface area contributed by atoms with E-state index in [1.165, 1.54) is 42.5 Å². The fourth-order valence-corrected chi connectivity index (χ4v) is 2.48. The third-order valence-electron chi connectivity index (χ3n) is 3.98. The van der Waals surface area contributed by atoms with Crippen LogP contribution >= 0.6 is 0 Å². The van der Waals surface area contributed by atoms with Crippen LogP contribution in [-0.2, 0) is 4.79 Å². The van der Waals surface area contributed by atoms with Gasteiger partial charge in [0.15, 0.2) is 0 Å². The molecule has 0 aliphatic heterocycles. The second kappa shape index (κ2) is 7.88. The average Bonchev–Trinajstić information content (AvgIpc) is 2.65. The lowest BCUT2D eigenvalue weighted by Gasteiger charge is -2.12. The summed E-state index contributed by atoms with van der Waals surface area (Å²) in [6.07, 6.45) is 4.47. The molecule has 0 heterocycles. The zero-order valence-electron chi connectivity index (χ0n) is 14.6. The Morgan fingerprint density at radius 3 is 2.41 bits per heavy atom. The van der Waals surface area contributed by atoms with Crippen LogP contribution in [0.5, 0.6) is 17.2 Å². The number of benzene rings is 2. The second-order valence-corrected chi connectivity index (χ2v) is 6.07. The molecule has 3 rings (SSSR count). The summed E-state index contributed by atoms with van der Waals surface area (Å²) < 4.78 is 10.7. The van der Waals surface area contributed by atoms with Crippen LogP contribution in [0.2, 0.25) is 0 Å². The monoisotopic (exact) mass is 366 g/mol. The van der Waals surface area contributed by atoms with Gasteiger partial charge in [-0.15, -0.1) is 0 Å². The van der Waals surface area contributed by atoms with Crippen LogP contribution in [0.3, 0.4) is 0 Å². The van der Waals surface area contributed by atoms with Crippen LogP contribution in [0.25, 0.3) is 0 Å². The predicted molar refractivity (Wildman–Crippen MR) is 97.7 cm³/mol. The van der Waals surface area contributed by atoms with Gasteiger partial charge in [-0.3, -0.25) is 0 Å². The number of phenols is 1. The summed E-state index contributed by atoms with van der Waals surface area (Å²) >= 11 is 0. The highest BCUT2D eigenvalue weighted by molar-refractivity contribution is 5.93. The zero-order chi connectivity index (χ0) is 19.4. The van der Waals surface area contributed by atoms with Crippen LogP contribution in [0, 0.1) is 6.92 Å². The van der Waals surface area contributed by atoms with Crippen LogP contribution in [0.15, 0.2) is 66.3 Å². The smallest absolute Gasteiger partial charge is 0.343 e. The van der Waals surface area contributed by atoms with Crippen molar-refractivity contribution in [2.24, 2.45) is 0 Å². The van der Waals surface area contributed by atoms with Crippen LogP contribution in [0.1, 0.15) is 22.3 Å². The van der Waals surface area contributed by atoms with E-state index in [0.717, 1.165) is 0 Å². The van der Waals surface area contributed by atoms with E-state index in [9.17, 15) is 19.8 Å². The van der Waals surface area contributed by atoms with Crippen LogP contribution in [0.4, 0.5) is 0 Å². The van der Waals surface area contributed by atoms with Crippen molar-refractivity contribution in [1.29, 1.82) is 0 Å². The van der Waals surface area contributed by atoms with Gasteiger partial charge in [0.05, 0.1) is 17.2 Å². The molecule has 2 aromatic rings. The number of phenolic OH excluding ortho intramolecular Hbond substituents is 1. The Hall–Kier alpha value is -3.38. The van der Waals surface area contributed by atoms with Crippen molar-refractivity contribution in [3.63, 3.8) is 0 Å². The Labute approximate surface area is 156 Å². The molecule has 0 fully saturated rings. The van der Waals surface area contributed by atoms with Crippen molar-refractivity contribution >= 4 is 11.9 Å². The van der Waals surface area contributed by atoms with Gasteiger partial charge >= 0.3 is 11.9 Å². The largest absolute Gasteiger partial charge is 0.508 e. The first kappa shape index (κ1) is 18.4. The number of hydrogen-bond donors (Lipinski definition) is 2. The summed E-state index contributed by atoms with van der Waals surface area (Å²) in [5, 5.41) is 18.7. The second-order valence-electron chi connectivity index (χ2n) is 6.07. The molecule has 0 saturated carbocycles. The lowest BCUT2D eigenvalue weighted by Crippen LogP contribution is -2.14. The lowest BCUT2D eigenvalue weighted by atomic mass is 10.1. The van der Waals surface area contributed by atoms with E-state index in [1.807, 2.05) is 0 Å². The van der Waals surface area contributed by atoms with E-state index in [0.29, 0.717) is 34.6 Å². The maximum absolute atomic E-state index is 12.1. The maximum atomic E-state index is 12.1. The van der Waals surface area contributed by atoms with Gasteiger partial charge in [0.1, 0.15) is 17.2 Å². The average molecular weight is 366 g/mol. The number of aliphatic hydroxyl groups excluding tert-OH is 1. The minimum atomic E-state index is -0.577. The number of hydrogen-bond acceptors (Lipinski definition) is 6. The number of aryl methyl sites for hydroxylation is 1. The van der Waals surface area contributed by atoms with Crippen molar-refractivity contribution in [2.75, 3.05) is 0 Å². The molecule has 6 nitrogen and oxygen atoms in total. The Morgan fingerprint density at radius 1 is 1.04 bits per heavy atom. The summed E-state index contributed by atoms with van der Waals surface area (Å²) in [5.74, 6) is -0.355. The van der Waals surface area contributed by atoms with E-state index in [4.69, 9.17) is 9.47 Å². The molecule has 0 radical (unpaired) electrons. The number of carbonyl (C=O) groups is 2. The fourth-order valence-electron chi connectivity index (χ4n) is 2.48. The van der Waals surface area contributed by atoms with Crippen molar-refractivity contribution in [3.8, 4) is 17.2 Å². The van der Waals surface area contributed by atoms with Gasteiger partial charge in [-0.2, -0.15) is 0 Å². The highest BCUT2D eigenvalue weighted by atomic mass is 16.5.